The maximum Gasteiger partial charge on any atom is 0.313 e. The zero-order valence-electron chi connectivity index (χ0n) is 9.89. The normalized spacial score (nSPS) is 15.7. The molecule has 1 fully saturated rings. The van der Waals surface area contributed by atoms with Gasteiger partial charge in [-0.3, -0.25) is 10.1 Å². The van der Waals surface area contributed by atoms with E-state index in [9.17, 15) is 10.1 Å². The molecule has 0 atom stereocenters. The highest BCUT2D eigenvalue weighted by molar-refractivity contribution is 5.67. The summed E-state index contributed by atoms with van der Waals surface area (Å²) >= 11 is 0. The van der Waals surface area contributed by atoms with Crippen LogP contribution in [0.3, 0.4) is 0 Å². The molecule has 1 aromatic rings. The molecule has 1 aromatic carbocycles. The van der Waals surface area contributed by atoms with E-state index in [-0.39, 0.29) is 5.69 Å². The summed E-state index contributed by atoms with van der Waals surface area (Å²) in [4.78, 5) is 12.7. The zero-order valence-corrected chi connectivity index (χ0v) is 9.89. The van der Waals surface area contributed by atoms with Crippen molar-refractivity contribution in [3.8, 4) is 5.75 Å². The van der Waals surface area contributed by atoms with Crippen LogP contribution in [0, 0.1) is 10.1 Å². The zero-order chi connectivity index (χ0) is 12.3. The minimum atomic E-state index is -0.397. The second-order valence-corrected chi connectivity index (χ2v) is 4.13. The maximum absolute atomic E-state index is 10.9. The van der Waals surface area contributed by atoms with Gasteiger partial charge in [0.2, 0.25) is 5.75 Å². The Morgan fingerprint density at radius 3 is 2.59 bits per heavy atom. The number of para-hydroxylation sites is 1. The van der Waals surface area contributed by atoms with Gasteiger partial charge in [-0.05, 0) is 25.3 Å². The van der Waals surface area contributed by atoms with Crippen LogP contribution >= 0.6 is 0 Å². The highest BCUT2D eigenvalue weighted by atomic mass is 16.6. The van der Waals surface area contributed by atoms with Crippen LogP contribution in [0.25, 0.3) is 0 Å². The van der Waals surface area contributed by atoms with Crippen LogP contribution in [0.4, 0.5) is 11.4 Å². The van der Waals surface area contributed by atoms with Crippen molar-refractivity contribution < 1.29 is 9.66 Å². The highest BCUT2D eigenvalue weighted by Gasteiger charge is 2.22. The van der Waals surface area contributed by atoms with Gasteiger partial charge in [0.15, 0.2) is 0 Å². The van der Waals surface area contributed by atoms with Crippen molar-refractivity contribution in [3.05, 3.63) is 28.3 Å². The van der Waals surface area contributed by atoms with Crippen LogP contribution in [0.2, 0.25) is 0 Å². The van der Waals surface area contributed by atoms with Crippen molar-refractivity contribution in [1.82, 2.24) is 0 Å². The molecule has 1 aliphatic heterocycles. The Balaban J connectivity index is 2.38. The summed E-state index contributed by atoms with van der Waals surface area (Å²) in [7, 11) is 1.48. The summed E-state index contributed by atoms with van der Waals surface area (Å²) < 4.78 is 5.21. The first kappa shape index (κ1) is 11.7. The molecule has 0 radical (unpaired) electrons. The van der Waals surface area contributed by atoms with Crippen molar-refractivity contribution in [3.63, 3.8) is 0 Å². The minimum Gasteiger partial charge on any atom is -0.489 e. The fraction of sp³-hybridized carbons (Fsp3) is 0.500. The van der Waals surface area contributed by atoms with Crippen molar-refractivity contribution in [2.75, 3.05) is 25.1 Å². The topological polar surface area (TPSA) is 55.6 Å². The largest absolute Gasteiger partial charge is 0.489 e. The molecular weight excluding hydrogens is 220 g/mol. The molecular formula is C12H16N2O3. The lowest BCUT2D eigenvalue weighted by molar-refractivity contribution is -0.385. The van der Waals surface area contributed by atoms with E-state index in [0.29, 0.717) is 5.75 Å². The molecule has 92 valence electrons. The van der Waals surface area contributed by atoms with Crippen LogP contribution < -0.4 is 9.64 Å². The van der Waals surface area contributed by atoms with E-state index in [0.717, 1.165) is 31.6 Å². The lowest BCUT2D eigenvalue weighted by Crippen LogP contribution is -2.29. The van der Waals surface area contributed by atoms with E-state index in [2.05, 4.69) is 4.90 Å². The molecule has 17 heavy (non-hydrogen) atoms. The molecule has 0 saturated carbocycles. The Bertz CT molecular complexity index is 414. The Hall–Kier alpha value is -1.78. The third-order valence-electron chi connectivity index (χ3n) is 3.07. The fourth-order valence-corrected chi connectivity index (χ4v) is 2.25. The fourth-order valence-electron chi connectivity index (χ4n) is 2.25. The quantitative estimate of drug-likeness (QED) is 0.598. The monoisotopic (exact) mass is 236 g/mol. The minimum absolute atomic E-state index is 0.0376. The summed E-state index contributed by atoms with van der Waals surface area (Å²) in [6.07, 6.45) is 3.49. The number of hydrogen-bond donors (Lipinski definition) is 0. The SMILES string of the molecule is COc1c(N2CCCCC2)cccc1[N+](=O)[O-]. The lowest BCUT2D eigenvalue weighted by atomic mass is 10.1. The van der Waals surface area contributed by atoms with Crippen molar-refractivity contribution >= 4 is 11.4 Å². The van der Waals surface area contributed by atoms with Gasteiger partial charge in [0.1, 0.15) is 0 Å². The Kier molecular flexibility index (Phi) is 3.46. The van der Waals surface area contributed by atoms with Crippen LogP contribution in [-0.2, 0) is 0 Å². The number of methoxy groups -OCH3 is 1. The molecule has 5 nitrogen and oxygen atoms in total. The summed E-state index contributed by atoms with van der Waals surface area (Å²) in [6, 6.07) is 5.08. The van der Waals surface area contributed by atoms with E-state index >= 15 is 0 Å². The van der Waals surface area contributed by atoms with Gasteiger partial charge in [-0.1, -0.05) is 6.07 Å². The standard InChI is InChI=1S/C12H16N2O3/c1-17-12-10(13-8-3-2-4-9-13)6-5-7-11(12)14(15)16/h5-7H,2-4,8-9H2,1H3. The van der Waals surface area contributed by atoms with Crippen molar-refractivity contribution in [2.45, 2.75) is 19.3 Å². The number of piperidine rings is 1. The predicted molar refractivity (Wildman–Crippen MR) is 65.7 cm³/mol. The first-order chi connectivity index (χ1) is 8.24. The number of ether oxygens (including phenoxy) is 1. The van der Waals surface area contributed by atoms with Gasteiger partial charge in [0, 0.05) is 19.2 Å². The molecule has 1 heterocycles. The third-order valence-corrected chi connectivity index (χ3v) is 3.07. The molecule has 0 unspecified atom stereocenters. The summed E-state index contributed by atoms with van der Waals surface area (Å²) in [5.41, 5.74) is 0.872. The van der Waals surface area contributed by atoms with Gasteiger partial charge in [-0.15, -0.1) is 0 Å². The molecule has 0 N–H and O–H groups in total. The predicted octanol–water partition coefficient (Wildman–Crippen LogP) is 2.59. The van der Waals surface area contributed by atoms with E-state index in [1.54, 1.807) is 6.07 Å². The first-order valence-electron chi connectivity index (χ1n) is 5.80. The Morgan fingerprint density at radius 2 is 2.00 bits per heavy atom. The number of nitrogens with zero attached hydrogens (tertiary/aromatic N) is 2. The van der Waals surface area contributed by atoms with Crippen LogP contribution in [0.15, 0.2) is 18.2 Å². The number of rotatable bonds is 3. The molecule has 2 rings (SSSR count). The van der Waals surface area contributed by atoms with E-state index in [4.69, 9.17) is 4.74 Å². The molecule has 0 bridgehead atoms. The average molecular weight is 236 g/mol. The summed E-state index contributed by atoms with van der Waals surface area (Å²) in [6.45, 7) is 1.88. The number of anilines is 1. The molecule has 1 aliphatic rings. The van der Waals surface area contributed by atoms with Gasteiger partial charge in [0.25, 0.3) is 0 Å². The highest BCUT2D eigenvalue weighted by Crippen LogP contribution is 2.37. The van der Waals surface area contributed by atoms with Crippen LogP contribution in [0.5, 0.6) is 5.75 Å². The number of nitro benzene ring substituents is 1. The number of nitro groups is 1. The molecule has 0 aromatic heterocycles. The van der Waals surface area contributed by atoms with Gasteiger partial charge in [0.05, 0.1) is 17.7 Å². The first-order valence-corrected chi connectivity index (χ1v) is 5.80. The van der Waals surface area contributed by atoms with Gasteiger partial charge in [-0.2, -0.15) is 0 Å². The average Bonchev–Trinajstić information content (AvgIpc) is 2.38. The van der Waals surface area contributed by atoms with E-state index in [1.807, 2.05) is 6.07 Å². The number of benzene rings is 1. The summed E-state index contributed by atoms with van der Waals surface area (Å²) in [5, 5.41) is 10.9. The second kappa shape index (κ2) is 5.03. The Morgan fingerprint density at radius 1 is 1.29 bits per heavy atom. The van der Waals surface area contributed by atoms with Crippen molar-refractivity contribution in [1.29, 1.82) is 0 Å². The molecule has 0 amide bonds. The summed E-state index contributed by atoms with van der Waals surface area (Å²) in [5.74, 6) is 0.374. The number of hydrogen-bond acceptors (Lipinski definition) is 4. The van der Waals surface area contributed by atoms with Crippen LogP contribution in [-0.4, -0.2) is 25.1 Å². The molecule has 0 aliphatic carbocycles. The van der Waals surface area contributed by atoms with Crippen LogP contribution in [0.1, 0.15) is 19.3 Å². The van der Waals surface area contributed by atoms with E-state index < -0.39 is 4.92 Å². The third kappa shape index (κ3) is 2.33. The Labute approximate surface area is 100 Å². The lowest BCUT2D eigenvalue weighted by Gasteiger charge is -2.29. The molecule has 0 spiro atoms. The molecule has 1 saturated heterocycles. The van der Waals surface area contributed by atoms with E-state index in [1.165, 1.54) is 19.6 Å². The van der Waals surface area contributed by atoms with Crippen molar-refractivity contribution in [2.24, 2.45) is 0 Å². The second-order valence-electron chi connectivity index (χ2n) is 4.13. The maximum atomic E-state index is 10.9. The smallest absolute Gasteiger partial charge is 0.313 e. The van der Waals surface area contributed by atoms with Gasteiger partial charge in [-0.25, -0.2) is 0 Å². The van der Waals surface area contributed by atoms with Gasteiger partial charge >= 0.3 is 5.69 Å². The molecule has 5 heteroatoms. The van der Waals surface area contributed by atoms with Gasteiger partial charge < -0.3 is 9.64 Å².